The lowest BCUT2D eigenvalue weighted by molar-refractivity contribution is 0.410. The van der Waals surface area contributed by atoms with Crippen LogP contribution in [-0.4, -0.2) is 7.11 Å². The van der Waals surface area contributed by atoms with E-state index < -0.39 is 5.54 Å². The maximum Gasteiger partial charge on any atom is 0.122 e. The van der Waals surface area contributed by atoms with Gasteiger partial charge in [-0.1, -0.05) is 28.1 Å². The molecule has 2 aromatic carbocycles. The summed E-state index contributed by atoms with van der Waals surface area (Å²) in [6.45, 7) is 6.15. The van der Waals surface area contributed by atoms with Gasteiger partial charge in [0.05, 0.1) is 12.6 Å². The summed E-state index contributed by atoms with van der Waals surface area (Å²) in [4.78, 5) is 0. The highest BCUT2D eigenvalue weighted by Gasteiger charge is 2.26. The van der Waals surface area contributed by atoms with Crippen molar-refractivity contribution in [2.45, 2.75) is 26.3 Å². The second kappa shape index (κ2) is 5.58. The summed E-state index contributed by atoms with van der Waals surface area (Å²) in [5, 5.41) is 0. The molecule has 2 rings (SSSR count). The highest BCUT2D eigenvalue weighted by molar-refractivity contribution is 9.10. The van der Waals surface area contributed by atoms with Crippen molar-refractivity contribution in [3.05, 3.63) is 63.1 Å². The highest BCUT2D eigenvalue weighted by Crippen LogP contribution is 2.33. The third kappa shape index (κ3) is 2.74. The van der Waals surface area contributed by atoms with Crippen LogP contribution in [0.1, 0.15) is 29.2 Å². The Bertz CT molecular complexity index is 635. The maximum atomic E-state index is 6.63. The van der Waals surface area contributed by atoms with Crippen molar-refractivity contribution in [3.63, 3.8) is 0 Å². The molecule has 0 aliphatic carbocycles. The normalized spacial score (nSPS) is 13.9. The highest BCUT2D eigenvalue weighted by atomic mass is 79.9. The summed E-state index contributed by atoms with van der Waals surface area (Å²) in [5.41, 5.74) is 10.5. The van der Waals surface area contributed by atoms with Crippen molar-refractivity contribution in [1.29, 1.82) is 0 Å². The van der Waals surface area contributed by atoms with Crippen LogP contribution in [0, 0.1) is 13.8 Å². The summed E-state index contributed by atoms with van der Waals surface area (Å²) in [5.74, 6) is 0.899. The van der Waals surface area contributed by atoms with E-state index in [1.165, 1.54) is 0 Å². The smallest absolute Gasteiger partial charge is 0.122 e. The van der Waals surface area contributed by atoms with Gasteiger partial charge in [0.25, 0.3) is 0 Å². The summed E-state index contributed by atoms with van der Waals surface area (Å²) in [6, 6.07) is 12.3. The van der Waals surface area contributed by atoms with Gasteiger partial charge in [0.2, 0.25) is 0 Å². The molecule has 0 aromatic heterocycles. The van der Waals surface area contributed by atoms with Crippen molar-refractivity contribution < 1.29 is 4.74 Å². The first-order valence-corrected chi connectivity index (χ1v) is 7.36. The molecule has 106 valence electrons. The number of aryl methyl sites for hydroxylation is 2. The number of methoxy groups -OCH3 is 1. The van der Waals surface area contributed by atoms with Gasteiger partial charge in [-0.25, -0.2) is 0 Å². The molecule has 1 unspecified atom stereocenters. The topological polar surface area (TPSA) is 35.2 Å². The second-order valence-corrected chi connectivity index (χ2v) is 6.27. The molecule has 0 aliphatic heterocycles. The SMILES string of the molecule is COc1cc(C)c(C(C)(N)c2cccc(Br)c2)cc1C. The minimum atomic E-state index is -0.537. The average Bonchev–Trinajstić information content (AvgIpc) is 2.40. The van der Waals surface area contributed by atoms with E-state index in [2.05, 4.69) is 41.1 Å². The first-order valence-electron chi connectivity index (χ1n) is 6.57. The van der Waals surface area contributed by atoms with Crippen molar-refractivity contribution >= 4 is 15.9 Å². The molecule has 0 aliphatic rings. The number of hydrogen-bond acceptors (Lipinski definition) is 2. The molecule has 1 atom stereocenters. The lowest BCUT2D eigenvalue weighted by Crippen LogP contribution is -2.35. The average molecular weight is 334 g/mol. The predicted octanol–water partition coefficient (Wildman–Crippen LogP) is 4.30. The first-order chi connectivity index (χ1) is 9.36. The van der Waals surface area contributed by atoms with Crippen molar-refractivity contribution in [2.24, 2.45) is 5.73 Å². The molecule has 0 fully saturated rings. The zero-order valence-corrected chi connectivity index (χ0v) is 13.9. The fraction of sp³-hybridized carbons (Fsp3) is 0.294. The van der Waals surface area contributed by atoms with Crippen LogP contribution in [0.5, 0.6) is 5.75 Å². The van der Waals surface area contributed by atoms with Crippen molar-refractivity contribution in [2.75, 3.05) is 7.11 Å². The van der Waals surface area contributed by atoms with Crippen LogP contribution in [-0.2, 0) is 5.54 Å². The summed E-state index contributed by atoms with van der Waals surface area (Å²) >= 11 is 3.51. The fourth-order valence-corrected chi connectivity index (χ4v) is 2.94. The molecule has 0 saturated carbocycles. The number of ether oxygens (including phenoxy) is 1. The van der Waals surface area contributed by atoms with Crippen LogP contribution in [0.4, 0.5) is 0 Å². The van der Waals surface area contributed by atoms with Crippen LogP contribution in [0.3, 0.4) is 0 Å². The Labute approximate surface area is 129 Å². The van der Waals surface area contributed by atoms with E-state index in [-0.39, 0.29) is 0 Å². The Balaban J connectivity index is 2.57. The van der Waals surface area contributed by atoms with Gasteiger partial charge in [0.1, 0.15) is 5.75 Å². The van der Waals surface area contributed by atoms with Crippen LogP contribution in [0.25, 0.3) is 0 Å². The minimum Gasteiger partial charge on any atom is -0.496 e. The van der Waals surface area contributed by atoms with E-state index in [4.69, 9.17) is 10.5 Å². The predicted molar refractivity (Wildman–Crippen MR) is 87.3 cm³/mol. The van der Waals surface area contributed by atoms with Gasteiger partial charge in [-0.05, 0) is 67.3 Å². The molecule has 0 radical (unpaired) electrons. The fourth-order valence-electron chi connectivity index (χ4n) is 2.54. The van der Waals surface area contributed by atoms with Crippen LogP contribution in [0.15, 0.2) is 40.9 Å². The lowest BCUT2D eigenvalue weighted by atomic mass is 9.82. The van der Waals surface area contributed by atoms with Gasteiger partial charge < -0.3 is 10.5 Å². The molecule has 0 saturated heterocycles. The molecule has 0 bridgehead atoms. The summed E-state index contributed by atoms with van der Waals surface area (Å²) in [6.07, 6.45) is 0. The Morgan fingerprint density at radius 2 is 1.80 bits per heavy atom. The van der Waals surface area contributed by atoms with Gasteiger partial charge in [-0.15, -0.1) is 0 Å². The number of halogens is 1. The molecule has 2 nitrogen and oxygen atoms in total. The standard InChI is InChI=1S/C17H20BrNO/c1-11-9-16(20-4)12(2)8-15(11)17(3,19)13-6-5-7-14(18)10-13/h5-10H,19H2,1-4H3. The van der Waals surface area contributed by atoms with E-state index in [1.807, 2.05) is 32.0 Å². The monoisotopic (exact) mass is 333 g/mol. The van der Waals surface area contributed by atoms with Gasteiger partial charge in [-0.3, -0.25) is 0 Å². The van der Waals surface area contributed by atoms with E-state index in [9.17, 15) is 0 Å². The van der Waals surface area contributed by atoms with Crippen LogP contribution >= 0.6 is 15.9 Å². The molecular weight excluding hydrogens is 314 g/mol. The van der Waals surface area contributed by atoms with E-state index >= 15 is 0 Å². The van der Waals surface area contributed by atoms with Gasteiger partial charge in [-0.2, -0.15) is 0 Å². The molecule has 2 aromatic rings. The molecule has 3 heteroatoms. The molecule has 2 N–H and O–H groups in total. The summed E-state index contributed by atoms with van der Waals surface area (Å²) < 4.78 is 6.41. The molecular formula is C17H20BrNO. The summed E-state index contributed by atoms with van der Waals surface area (Å²) in [7, 11) is 1.69. The zero-order chi connectivity index (χ0) is 14.9. The van der Waals surface area contributed by atoms with E-state index in [0.29, 0.717) is 0 Å². The Morgan fingerprint density at radius 1 is 1.10 bits per heavy atom. The third-order valence-electron chi connectivity index (χ3n) is 3.73. The third-order valence-corrected chi connectivity index (χ3v) is 4.22. The Morgan fingerprint density at radius 3 is 2.40 bits per heavy atom. The van der Waals surface area contributed by atoms with Gasteiger partial charge in [0.15, 0.2) is 0 Å². The van der Waals surface area contributed by atoms with Crippen molar-refractivity contribution in [1.82, 2.24) is 0 Å². The quantitative estimate of drug-likeness (QED) is 0.908. The second-order valence-electron chi connectivity index (χ2n) is 5.35. The van der Waals surface area contributed by atoms with Crippen molar-refractivity contribution in [3.8, 4) is 5.75 Å². The minimum absolute atomic E-state index is 0.537. The largest absolute Gasteiger partial charge is 0.496 e. The number of rotatable bonds is 3. The Kier molecular flexibility index (Phi) is 4.21. The molecule has 20 heavy (non-hydrogen) atoms. The first kappa shape index (κ1) is 15.1. The molecule has 0 heterocycles. The zero-order valence-electron chi connectivity index (χ0n) is 12.3. The van der Waals surface area contributed by atoms with Crippen LogP contribution < -0.4 is 10.5 Å². The molecule has 0 spiro atoms. The number of benzene rings is 2. The Hall–Kier alpha value is -1.32. The van der Waals surface area contributed by atoms with Gasteiger partial charge in [0, 0.05) is 4.47 Å². The lowest BCUT2D eigenvalue weighted by Gasteiger charge is -2.29. The van der Waals surface area contributed by atoms with Gasteiger partial charge >= 0.3 is 0 Å². The molecule has 0 amide bonds. The number of nitrogens with two attached hydrogens (primary N) is 1. The van der Waals surface area contributed by atoms with E-state index in [1.54, 1.807) is 7.11 Å². The maximum absolute atomic E-state index is 6.63. The van der Waals surface area contributed by atoms with E-state index in [0.717, 1.165) is 32.5 Å². The number of hydrogen-bond donors (Lipinski definition) is 1. The van der Waals surface area contributed by atoms with Crippen LogP contribution in [0.2, 0.25) is 0 Å².